The second kappa shape index (κ2) is 9.29. The van der Waals surface area contributed by atoms with Crippen LogP contribution in [0.1, 0.15) is 31.2 Å². The Labute approximate surface area is 172 Å². The van der Waals surface area contributed by atoms with Gasteiger partial charge in [-0.25, -0.2) is 0 Å². The third kappa shape index (κ3) is 5.49. The van der Waals surface area contributed by atoms with Crippen LogP contribution in [0, 0.1) is 5.92 Å². The molecular formula is C22H29ClN2O3. The van der Waals surface area contributed by atoms with Gasteiger partial charge in [-0.3, -0.25) is 4.79 Å². The van der Waals surface area contributed by atoms with Gasteiger partial charge in [0.25, 0.3) is 0 Å². The summed E-state index contributed by atoms with van der Waals surface area (Å²) in [5, 5.41) is 0.606. The number of halogens is 1. The van der Waals surface area contributed by atoms with Crippen molar-refractivity contribution >= 4 is 23.6 Å². The van der Waals surface area contributed by atoms with E-state index in [1.807, 2.05) is 18.2 Å². The largest absolute Gasteiger partial charge is 0.490 e. The van der Waals surface area contributed by atoms with Crippen LogP contribution in [0.5, 0.6) is 5.75 Å². The lowest BCUT2D eigenvalue weighted by molar-refractivity contribution is -0.129. The molecule has 4 rings (SSSR count). The van der Waals surface area contributed by atoms with Gasteiger partial charge in [0.15, 0.2) is 0 Å². The number of amides is 1. The molecule has 6 heteroatoms. The Balaban J connectivity index is 1.27. The second-order valence-corrected chi connectivity index (χ2v) is 8.42. The Hall–Kier alpha value is -1.56. The Bertz CT molecular complexity index is 706. The van der Waals surface area contributed by atoms with Gasteiger partial charge in [-0.05, 0) is 61.4 Å². The Morgan fingerprint density at radius 2 is 1.89 bits per heavy atom. The SMILES string of the molecule is O=C(C=Cc1ccc(OC2CCN(CC3CC3)CC2)cc1Cl)N1CCOCC1. The lowest BCUT2D eigenvalue weighted by atomic mass is 10.1. The van der Waals surface area contributed by atoms with Crippen LogP contribution in [0.2, 0.25) is 5.02 Å². The normalized spacial score (nSPS) is 22.0. The molecule has 0 atom stereocenters. The highest BCUT2D eigenvalue weighted by Gasteiger charge is 2.27. The molecule has 0 bridgehead atoms. The fraction of sp³-hybridized carbons (Fsp3) is 0.591. The number of ether oxygens (including phenoxy) is 2. The Morgan fingerprint density at radius 3 is 2.57 bits per heavy atom. The van der Waals surface area contributed by atoms with Gasteiger partial charge in [0.05, 0.1) is 18.2 Å². The summed E-state index contributed by atoms with van der Waals surface area (Å²) in [7, 11) is 0. The van der Waals surface area contributed by atoms with Crippen molar-refractivity contribution in [3.8, 4) is 5.75 Å². The van der Waals surface area contributed by atoms with Crippen LogP contribution in [0.3, 0.4) is 0 Å². The first-order valence-corrected chi connectivity index (χ1v) is 10.8. The molecule has 0 radical (unpaired) electrons. The average molecular weight is 405 g/mol. The van der Waals surface area contributed by atoms with E-state index in [-0.39, 0.29) is 12.0 Å². The van der Waals surface area contributed by atoms with Crippen LogP contribution in [0.25, 0.3) is 6.08 Å². The van der Waals surface area contributed by atoms with Crippen molar-refractivity contribution in [1.82, 2.24) is 9.80 Å². The van der Waals surface area contributed by atoms with Crippen molar-refractivity contribution < 1.29 is 14.3 Å². The van der Waals surface area contributed by atoms with E-state index in [1.165, 1.54) is 19.4 Å². The number of carbonyl (C=O) groups excluding carboxylic acids is 1. The molecule has 2 aliphatic heterocycles. The maximum atomic E-state index is 12.2. The smallest absolute Gasteiger partial charge is 0.246 e. The molecule has 0 N–H and O–H groups in total. The molecule has 0 aromatic heterocycles. The molecular weight excluding hydrogens is 376 g/mol. The molecule has 28 heavy (non-hydrogen) atoms. The maximum absolute atomic E-state index is 12.2. The van der Waals surface area contributed by atoms with Crippen LogP contribution < -0.4 is 4.74 Å². The molecule has 1 amide bonds. The number of likely N-dealkylation sites (tertiary alicyclic amines) is 1. The number of hydrogen-bond donors (Lipinski definition) is 0. The van der Waals surface area contributed by atoms with Gasteiger partial charge in [0.2, 0.25) is 5.91 Å². The fourth-order valence-corrected chi connectivity index (χ4v) is 4.07. The number of piperidine rings is 1. The first kappa shape index (κ1) is 19.7. The number of rotatable bonds is 6. The summed E-state index contributed by atoms with van der Waals surface area (Å²) in [5.41, 5.74) is 0.829. The lowest BCUT2D eigenvalue weighted by Crippen LogP contribution is -2.39. The molecule has 0 unspecified atom stereocenters. The van der Waals surface area contributed by atoms with E-state index in [0.717, 1.165) is 43.2 Å². The summed E-state index contributed by atoms with van der Waals surface area (Å²) < 4.78 is 11.4. The molecule has 1 saturated carbocycles. The van der Waals surface area contributed by atoms with Gasteiger partial charge in [-0.1, -0.05) is 11.6 Å². The molecule has 1 aromatic carbocycles. The first-order chi connectivity index (χ1) is 13.7. The molecule has 5 nitrogen and oxygen atoms in total. The van der Waals surface area contributed by atoms with Crippen molar-refractivity contribution in [2.24, 2.45) is 5.92 Å². The minimum Gasteiger partial charge on any atom is -0.490 e. The Kier molecular flexibility index (Phi) is 6.55. The predicted molar refractivity (Wildman–Crippen MR) is 111 cm³/mol. The highest BCUT2D eigenvalue weighted by molar-refractivity contribution is 6.32. The number of nitrogens with zero attached hydrogens (tertiary/aromatic N) is 2. The van der Waals surface area contributed by atoms with Crippen molar-refractivity contribution in [2.75, 3.05) is 45.9 Å². The lowest BCUT2D eigenvalue weighted by Gasteiger charge is -2.32. The highest BCUT2D eigenvalue weighted by Crippen LogP contribution is 2.31. The van der Waals surface area contributed by atoms with Crippen molar-refractivity contribution in [3.63, 3.8) is 0 Å². The minimum atomic E-state index is -0.00218. The van der Waals surface area contributed by atoms with E-state index in [1.54, 1.807) is 17.1 Å². The zero-order valence-electron chi connectivity index (χ0n) is 16.3. The maximum Gasteiger partial charge on any atom is 0.246 e. The molecule has 2 heterocycles. The van der Waals surface area contributed by atoms with E-state index >= 15 is 0 Å². The topological polar surface area (TPSA) is 42.0 Å². The standard InChI is InChI=1S/C22H29ClN2O3/c23-21-15-20(28-19-7-9-24(10-8-19)16-17-1-2-17)5-3-18(21)4-6-22(26)25-11-13-27-14-12-25/h3-6,15,17,19H,1-2,7-14,16H2. The van der Waals surface area contributed by atoms with Gasteiger partial charge in [0.1, 0.15) is 11.9 Å². The third-order valence-electron chi connectivity index (χ3n) is 5.75. The number of carbonyl (C=O) groups is 1. The molecule has 0 spiro atoms. The van der Waals surface area contributed by atoms with Gasteiger partial charge >= 0.3 is 0 Å². The minimum absolute atomic E-state index is 0.00218. The van der Waals surface area contributed by atoms with Crippen LogP contribution >= 0.6 is 11.6 Å². The van der Waals surface area contributed by atoms with Gasteiger partial charge < -0.3 is 19.3 Å². The number of hydrogen-bond acceptors (Lipinski definition) is 4. The van der Waals surface area contributed by atoms with Gasteiger partial charge in [-0.2, -0.15) is 0 Å². The van der Waals surface area contributed by atoms with Crippen LogP contribution in [-0.4, -0.2) is 67.7 Å². The summed E-state index contributed by atoms with van der Waals surface area (Å²) in [6, 6.07) is 5.72. The summed E-state index contributed by atoms with van der Waals surface area (Å²) in [6.45, 7) is 6.01. The Morgan fingerprint density at radius 1 is 1.14 bits per heavy atom. The van der Waals surface area contributed by atoms with Crippen LogP contribution in [-0.2, 0) is 9.53 Å². The fourth-order valence-electron chi connectivity index (χ4n) is 3.83. The molecule has 3 aliphatic rings. The summed E-state index contributed by atoms with van der Waals surface area (Å²) >= 11 is 6.42. The van der Waals surface area contributed by atoms with Gasteiger partial charge in [-0.15, -0.1) is 0 Å². The summed E-state index contributed by atoms with van der Waals surface area (Å²) in [6.07, 6.45) is 8.58. The zero-order valence-corrected chi connectivity index (χ0v) is 17.1. The van der Waals surface area contributed by atoms with E-state index < -0.39 is 0 Å². The van der Waals surface area contributed by atoms with Gasteiger partial charge in [0, 0.05) is 38.8 Å². The monoisotopic (exact) mass is 404 g/mol. The molecule has 2 saturated heterocycles. The average Bonchev–Trinajstić information content (AvgIpc) is 3.53. The van der Waals surface area contributed by atoms with Crippen molar-refractivity contribution in [2.45, 2.75) is 31.8 Å². The third-order valence-corrected chi connectivity index (χ3v) is 6.08. The molecule has 1 aromatic rings. The van der Waals surface area contributed by atoms with Crippen molar-refractivity contribution in [3.05, 3.63) is 34.9 Å². The zero-order chi connectivity index (χ0) is 19.3. The molecule has 3 fully saturated rings. The van der Waals surface area contributed by atoms with Crippen LogP contribution in [0.4, 0.5) is 0 Å². The molecule has 1 aliphatic carbocycles. The van der Waals surface area contributed by atoms with E-state index in [2.05, 4.69) is 4.90 Å². The summed E-state index contributed by atoms with van der Waals surface area (Å²) in [4.78, 5) is 16.6. The number of benzene rings is 1. The van der Waals surface area contributed by atoms with Crippen LogP contribution in [0.15, 0.2) is 24.3 Å². The second-order valence-electron chi connectivity index (χ2n) is 8.02. The highest BCUT2D eigenvalue weighted by atomic mass is 35.5. The quantitative estimate of drug-likeness (QED) is 0.681. The summed E-state index contributed by atoms with van der Waals surface area (Å²) in [5.74, 6) is 1.76. The number of morpholine rings is 1. The predicted octanol–water partition coefficient (Wildman–Crippen LogP) is 3.47. The van der Waals surface area contributed by atoms with Crippen molar-refractivity contribution in [1.29, 1.82) is 0 Å². The van der Waals surface area contributed by atoms with E-state index in [0.29, 0.717) is 31.3 Å². The molecule has 152 valence electrons. The van der Waals surface area contributed by atoms with E-state index in [4.69, 9.17) is 21.1 Å². The van der Waals surface area contributed by atoms with E-state index in [9.17, 15) is 4.79 Å². The first-order valence-electron chi connectivity index (χ1n) is 10.4.